The first-order valence-electron chi connectivity index (χ1n) is 8.23. The van der Waals surface area contributed by atoms with Crippen LogP contribution in [0.5, 0.6) is 5.75 Å². The second kappa shape index (κ2) is 9.08. The summed E-state index contributed by atoms with van der Waals surface area (Å²) in [5.41, 5.74) is 1.16. The second-order valence-electron chi connectivity index (χ2n) is 5.77. The SMILES string of the molecule is CCCN(CC(=O)NC)Cc1ccc(OCc2nccn2C)cc1. The van der Waals surface area contributed by atoms with E-state index in [1.54, 1.807) is 13.2 Å². The minimum Gasteiger partial charge on any atom is -0.486 e. The molecule has 0 aliphatic carbocycles. The van der Waals surface area contributed by atoms with Crippen LogP contribution in [0.25, 0.3) is 0 Å². The number of benzene rings is 1. The fourth-order valence-corrected chi connectivity index (χ4v) is 2.45. The van der Waals surface area contributed by atoms with Crippen molar-refractivity contribution in [2.75, 3.05) is 20.1 Å². The third kappa shape index (κ3) is 5.38. The van der Waals surface area contributed by atoms with Crippen LogP contribution in [0.4, 0.5) is 0 Å². The normalized spacial score (nSPS) is 10.8. The molecule has 6 heteroatoms. The molecular weight excluding hydrogens is 304 g/mol. The third-order valence-electron chi connectivity index (χ3n) is 3.80. The standard InChI is InChI=1S/C18H26N4O2/c1-4-10-22(13-18(23)19-2)12-15-5-7-16(8-6-15)24-14-17-20-9-11-21(17)3/h5-9,11H,4,10,12-14H2,1-3H3,(H,19,23). The maximum atomic E-state index is 11.6. The Bertz CT molecular complexity index is 637. The van der Waals surface area contributed by atoms with Gasteiger partial charge in [-0.1, -0.05) is 19.1 Å². The molecular formula is C18H26N4O2. The van der Waals surface area contributed by atoms with E-state index in [1.165, 1.54) is 0 Å². The van der Waals surface area contributed by atoms with Crippen LogP contribution in [0.2, 0.25) is 0 Å². The zero-order valence-electron chi connectivity index (χ0n) is 14.7. The minimum atomic E-state index is 0.0403. The number of nitrogens with one attached hydrogen (secondary N) is 1. The molecule has 0 aliphatic rings. The van der Waals surface area contributed by atoms with Gasteiger partial charge in [0.25, 0.3) is 0 Å². The lowest BCUT2D eigenvalue weighted by Crippen LogP contribution is -2.35. The predicted molar refractivity (Wildman–Crippen MR) is 93.6 cm³/mol. The molecule has 24 heavy (non-hydrogen) atoms. The smallest absolute Gasteiger partial charge is 0.233 e. The third-order valence-corrected chi connectivity index (χ3v) is 3.80. The van der Waals surface area contributed by atoms with Gasteiger partial charge in [0, 0.05) is 33.0 Å². The van der Waals surface area contributed by atoms with Gasteiger partial charge < -0.3 is 14.6 Å². The van der Waals surface area contributed by atoms with Gasteiger partial charge in [-0.3, -0.25) is 9.69 Å². The van der Waals surface area contributed by atoms with E-state index in [2.05, 4.69) is 22.1 Å². The highest BCUT2D eigenvalue weighted by Crippen LogP contribution is 2.15. The Hall–Kier alpha value is -2.34. The van der Waals surface area contributed by atoms with Crippen molar-refractivity contribution in [3.63, 3.8) is 0 Å². The van der Waals surface area contributed by atoms with Crippen molar-refractivity contribution in [1.29, 1.82) is 0 Å². The zero-order chi connectivity index (χ0) is 17.4. The van der Waals surface area contributed by atoms with E-state index in [4.69, 9.17) is 4.74 Å². The van der Waals surface area contributed by atoms with Gasteiger partial charge in [0.2, 0.25) is 5.91 Å². The lowest BCUT2D eigenvalue weighted by atomic mass is 10.2. The van der Waals surface area contributed by atoms with E-state index in [0.717, 1.165) is 36.6 Å². The Labute approximate surface area is 143 Å². The number of aromatic nitrogens is 2. The monoisotopic (exact) mass is 330 g/mol. The summed E-state index contributed by atoms with van der Waals surface area (Å²) >= 11 is 0. The lowest BCUT2D eigenvalue weighted by Gasteiger charge is -2.20. The minimum absolute atomic E-state index is 0.0403. The molecule has 0 saturated heterocycles. The highest BCUT2D eigenvalue weighted by atomic mass is 16.5. The predicted octanol–water partition coefficient (Wildman–Crippen LogP) is 1.96. The van der Waals surface area contributed by atoms with Crippen molar-refractivity contribution in [3.8, 4) is 5.75 Å². The van der Waals surface area contributed by atoms with E-state index in [-0.39, 0.29) is 5.91 Å². The molecule has 0 bridgehead atoms. The van der Waals surface area contributed by atoms with Crippen LogP contribution in [-0.4, -0.2) is 40.5 Å². The zero-order valence-corrected chi connectivity index (χ0v) is 14.7. The maximum absolute atomic E-state index is 11.6. The summed E-state index contributed by atoms with van der Waals surface area (Å²) in [6, 6.07) is 8.01. The van der Waals surface area contributed by atoms with Crippen LogP contribution in [0.15, 0.2) is 36.7 Å². The number of likely N-dealkylation sites (N-methyl/N-ethyl adjacent to an activating group) is 1. The largest absolute Gasteiger partial charge is 0.486 e. The van der Waals surface area contributed by atoms with E-state index >= 15 is 0 Å². The number of carbonyl (C=O) groups is 1. The number of amides is 1. The van der Waals surface area contributed by atoms with Crippen molar-refractivity contribution < 1.29 is 9.53 Å². The second-order valence-corrected chi connectivity index (χ2v) is 5.77. The number of ether oxygens (including phenoxy) is 1. The van der Waals surface area contributed by atoms with Gasteiger partial charge in [-0.15, -0.1) is 0 Å². The van der Waals surface area contributed by atoms with E-state index < -0.39 is 0 Å². The van der Waals surface area contributed by atoms with Crippen LogP contribution < -0.4 is 10.1 Å². The molecule has 0 radical (unpaired) electrons. The van der Waals surface area contributed by atoms with Crippen LogP contribution >= 0.6 is 0 Å². The van der Waals surface area contributed by atoms with E-state index in [9.17, 15) is 4.79 Å². The number of rotatable bonds is 9. The summed E-state index contributed by atoms with van der Waals surface area (Å²) in [4.78, 5) is 18.0. The van der Waals surface area contributed by atoms with Crippen molar-refractivity contribution in [1.82, 2.24) is 19.8 Å². The number of carbonyl (C=O) groups excluding carboxylic acids is 1. The Morgan fingerprint density at radius 3 is 2.67 bits per heavy atom. The Balaban J connectivity index is 1.90. The van der Waals surface area contributed by atoms with Crippen molar-refractivity contribution in [2.24, 2.45) is 7.05 Å². The molecule has 0 saturated carbocycles. The first-order chi connectivity index (χ1) is 11.6. The summed E-state index contributed by atoms with van der Waals surface area (Å²) in [5, 5.41) is 2.67. The van der Waals surface area contributed by atoms with Gasteiger partial charge in [0.05, 0.1) is 6.54 Å². The van der Waals surface area contributed by atoms with Gasteiger partial charge in [-0.05, 0) is 30.7 Å². The fraction of sp³-hybridized carbons (Fsp3) is 0.444. The summed E-state index contributed by atoms with van der Waals surface area (Å²) in [6.45, 7) is 4.63. The number of imidazole rings is 1. The molecule has 0 fully saturated rings. The number of aryl methyl sites for hydroxylation is 1. The first kappa shape index (κ1) is 18.0. The molecule has 2 aromatic rings. The highest BCUT2D eigenvalue weighted by molar-refractivity contribution is 5.77. The van der Waals surface area contributed by atoms with Gasteiger partial charge in [-0.25, -0.2) is 4.98 Å². The van der Waals surface area contributed by atoms with Crippen molar-refractivity contribution >= 4 is 5.91 Å². The maximum Gasteiger partial charge on any atom is 0.233 e. The molecule has 1 heterocycles. The van der Waals surface area contributed by atoms with Crippen LogP contribution in [0, 0.1) is 0 Å². The Morgan fingerprint density at radius 2 is 2.08 bits per heavy atom. The van der Waals surface area contributed by atoms with E-state index in [1.807, 2.05) is 42.1 Å². The number of hydrogen-bond acceptors (Lipinski definition) is 4. The summed E-state index contributed by atoms with van der Waals surface area (Å²) in [6.07, 6.45) is 4.68. The topological polar surface area (TPSA) is 59.4 Å². The summed E-state index contributed by atoms with van der Waals surface area (Å²) < 4.78 is 7.70. The first-order valence-corrected chi connectivity index (χ1v) is 8.23. The molecule has 0 atom stereocenters. The molecule has 1 amide bonds. The van der Waals surface area contributed by atoms with Gasteiger partial charge in [0.1, 0.15) is 18.2 Å². The van der Waals surface area contributed by atoms with Crippen LogP contribution in [0.3, 0.4) is 0 Å². The van der Waals surface area contributed by atoms with Crippen molar-refractivity contribution in [3.05, 3.63) is 48.0 Å². The molecule has 6 nitrogen and oxygen atoms in total. The molecule has 1 aromatic heterocycles. The van der Waals surface area contributed by atoms with Crippen molar-refractivity contribution in [2.45, 2.75) is 26.5 Å². The molecule has 0 unspecified atom stereocenters. The van der Waals surface area contributed by atoms with Gasteiger partial charge in [-0.2, -0.15) is 0 Å². The summed E-state index contributed by atoms with van der Waals surface area (Å²) in [7, 11) is 3.61. The van der Waals surface area contributed by atoms with E-state index in [0.29, 0.717) is 13.2 Å². The lowest BCUT2D eigenvalue weighted by molar-refractivity contribution is -0.121. The molecule has 2 rings (SSSR count). The van der Waals surface area contributed by atoms with Gasteiger partial charge >= 0.3 is 0 Å². The molecule has 130 valence electrons. The number of nitrogens with zero attached hydrogens (tertiary/aromatic N) is 3. The average Bonchev–Trinajstić information content (AvgIpc) is 2.99. The molecule has 0 aliphatic heterocycles. The van der Waals surface area contributed by atoms with Crippen LogP contribution in [-0.2, 0) is 25.0 Å². The quantitative estimate of drug-likeness (QED) is 0.763. The molecule has 1 N–H and O–H groups in total. The fourth-order valence-electron chi connectivity index (χ4n) is 2.45. The summed E-state index contributed by atoms with van der Waals surface area (Å²) in [5.74, 6) is 1.74. The Kier molecular flexibility index (Phi) is 6.81. The van der Waals surface area contributed by atoms with Gasteiger partial charge in [0.15, 0.2) is 0 Å². The van der Waals surface area contributed by atoms with Crippen LogP contribution in [0.1, 0.15) is 24.7 Å². The molecule has 1 aromatic carbocycles. The molecule has 0 spiro atoms. The highest BCUT2D eigenvalue weighted by Gasteiger charge is 2.09. The Morgan fingerprint density at radius 1 is 1.33 bits per heavy atom. The average molecular weight is 330 g/mol. The number of hydrogen-bond donors (Lipinski definition) is 1.